The standard InChI is InChI=1S/C26H29F3N6O3S/c1-25(2,34-10-12-39(36,37)13-11-34)9-8-19-16-35(20-15-31-33(3)17-20)24-21(19)5-6-22(32-24)18-4-7-23(30-14-18)38-26(27,28)29/h4-7,14-17H,8-13H2,1-3H3. The third kappa shape index (κ3) is 6.09. The van der Waals surface area contributed by atoms with Crippen LogP contribution in [0.1, 0.15) is 25.8 Å². The third-order valence-electron chi connectivity index (χ3n) is 7.16. The molecule has 5 heterocycles. The maximum Gasteiger partial charge on any atom is 0.574 e. The van der Waals surface area contributed by atoms with Gasteiger partial charge in [-0.15, -0.1) is 13.2 Å². The molecule has 0 radical (unpaired) electrons. The second-order valence-electron chi connectivity index (χ2n) is 10.3. The van der Waals surface area contributed by atoms with Crippen molar-refractivity contribution in [1.29, 1.82) is 0 Å². The smallest absolute Gasteiger partial charge is 0.388 e. The normalized spacial score (nSPS) is 16.6. The number of alkyl halides is 3. The number of halogens is 3. The Balaban J connectivity index is 1.45. The van der Waals surface area contributed by atoms with Gasteiger partial charge in [0.2, 0.25) is 5.88 Å². The molecule has 1 saturated heterocycles. The van der Waals surface area contributed by atoms with Crippen molar-refractivity contribution in [1.82, 2.24) is 29.2 Å². The molecule has 13 heteroatoms. The van der Waals surface area contributed by atoms with E-state index in [-0.39, 0.29) is 17.0 Å². The van der Waals surface area contributed by atoms with Crippen LogP contribution in [0.3, 0.4) is 0 Å². The molecule has 5 rings (SSSR count). The first-order valence-electron chi connectivity index (χ1n) is 12.5. The summed E-state index contributed by atoms with van der Waals surface area (Å²) in [7, 11) is -1.13. The number of ether oxygens (including phenoxy) is 1. The number of aryl methyl sites for hydroxylation is 2. The molecule has 9 nitrogen and oxygen atoms in total. The Morgan fingerprint density at radius 1 is 1.03 bits per heavy atom. The summed E-state index contributed by atoms with van der Waals surface area (Å²) < 4.78 is 68.8. The van der Waals surface area contributed by atoms with E-state index >= 15 is 0 Å². The molecule has 4 aromatic rings. The highest BCUT2D eigenvalue weighted by Gasteiger charge is 2.33. The predicted molar refractivity (Wildman–Crippen MR) is 140 cm³/mol. The van der Waals surface area contributed by atoms with E-state index in [0.717, 1.165) is 35.5 Å². The second-order valence-corrected chi connectivity index (χ2v) is 12.7. The Labute approximate surface area is 224 Å². The fourth-order valence-corrected chi connectivity index (χ4v) is 6.09. The zero-order valence-electron chi connectivity index (χ0n) is 21.8. The highest BCUT2D eigenvalue weighted by atomic mass is 32.2. The van der Waals surface area contributed by atoms with Crippen LogP contribution in [0.25, 0.3) is 28.0 Å². The lowest BCUT2D eigenvalue weighted by Gasteiger charge is -2.41. The molecule has 0 N–H and O–H groups in total. The molecule has 0 unspecified atom stereocenters. The van der Waals surface area contributed by atoms with E-state index < -0.39 is 22.1 Å². The summed E-state index contributed by atoms with van der Waals surface area (Å²) in [6, 6.07) is 6.43. The van der Waals surface area contributed by atoms with Gasteiger partial charge in [-0.2, -0.15) is 5.10 Å². The summed E-state index contributed by atoms with van der Waals surface area (Å²) >= 11 is 0. The lowest BCUT2D eigenvalue weighted by Crippen LogP contribution is -2.51. The van der Waals surface area contributed by atoms with Crippen LogP contribution in [0.15, 0.2) is 49.1 Å². The molecule has 0 aliphatic carbocycles. The Morgan fingerprint density at radius 2 is 1.77 bits per heavy atom. The van der Waals surface area contributed by atoms with Gasteiger partial charge in [-0.05, 0) is 50.5 Å². The number of aromatic nitrogens is 5. The monoisotopic (exact) mass is 562 g/mol. The fourth-order valence-electron chi connectivity index (χ4n) is 4.89. The number of hydrogen-bond acceptors (Lipinski definition) is 7. The summed E-state index contributed by atoms with van der Waals surface area (Å²) in [6.07, 6.45) is 3.69. The van der Waals surface area contributed by atoms with Gasteiger partial charge in [0.15, 0.2) is 9.84 Å². The molecule has 4 aromatic heterocycles. The topological polar surface area (TPSA) is 95.1 Å². The lowest BCUT2D eigenvalue weighted by molar-refractivity contribution is -0.276. The van der Waals surface area contributed by atoms with Crippen LogP contribution >= 0.6 is 0 Å². The summed E-state index contributed by atoms with van der Waals surface area (Å²) in [5.41, 5.74) is 3.50. The second kappa shape index (κ2) is 9.94. The zero-order valence-corrected chi connectivity index (χ0v) is 22.6. The molecular formula is C26H29F3N6O3S. The quantitative estimate of drug-likeness (QED) is 0.334. The van der Waals surface area contributed by atoms with Crippen molar-refractivity contribution in [2.75, 3.05) is 24.6 Å². The molecule has 1 aliphatic heterocycles. The van der Waals surface area contributed by atoms with Crippen molar-refractivity contribution in [2.24, 2.45) is 7.05 Å². The van der Waals surface area contributed by atoms with E-state index in [1.165, 1.54) is 12.3 Å². The molecule has 0 saturated carbocycles. The molecule has 0 amide bonds. The molecule has 39 heavy (non-hydrogen) atoms. The minimum absolute atomic E-state index is 0.182. The summed E-state index contributed by atoms with van der Waals surface area (Å²) in [4.78, 5) is 10.9. The van der Waals surface area contributed by atoms with Gasteiger partial charge in [-0.1, -0.05) is 0 Å². The Kier molecular flexibility index (Phi) is 6.91. The number of rotatable bonds is 7. The third-order valence-corrected chi connectivity index (χ3v) is 8.77. The average molecular weight is 563 g/mol. The van der Waals surface area contributed by atoms with Crippen LogP contribution in [-0.4, -0.2) is 74.1 Å². The van der Waals surface area contributed by atoms with Gasteiger partial charge >= 0.3 is 6.36 Å². The molecule has 0 spiro atoms. The van der Waals surface area contributed by atoms with Gasteiger partial charge in [0.05, 0.1) is 29.1 Å². The van der Waals surface area contributed by atoms with Crippen LogP contribution in [0.5, 0.6) is 5.88 Å². The first-order chi connectivity index (χ1) is 18.3. The number of hydrogen-bond donors (Lipinski definition) is 0. The number of pyridine rings is 2. The van der Waals surface area contributed by atoms with Crippen LogP contribution in [-0.2, 0) is 23.3 Å². The van der Waals surface area contributed by atoms with E-state index in [9.17, 15) is 21.6 Å². The van der Waals surface area contributed by atoms with E-state index in [0.29, 0.717) is 30.0 Å². The molecular weight excluding hydrogens is 533 g/mol. The average Bonchev–Trinajstić information content (AvgIpc) is 3.45. The predicted octanol–water partition coefficient (Wildman–Crippen LogP) is 4.16. The van der Waals surface area contributed by atoms with E-state index in [4.69, 9.17) is 4.98 Å². The van der Waals surface area contributed by atoms with Crippen LogP contribution in [0.4, 0.5) is 13.2 Å². The SMILES string of the molecule is Cn1cc(-n2cc(CCC(C)(C)N3CCS(=O)(=O)CC3)c3ccc(-c4ccc(OC(F)(F)F)nc4)nc32)cn1. The highest BCUT2D eigenvalue weighted by molar-refractivity contribution is 7.91. The van der Waals surface area contributed by atoms with E-state index in [2.05, 4.69) is 33.6 Å². The van der Waals surface area contributed by atoms with Crippen molar-refractivity contribution in [3.63, 3.8) is 0 Å². The Hall–Kier alpha value is -3.45. The minimum Gasteiger partial charge on any atom is -0.388 e. The molecule has 1 fully saturated rings. The van der Waals surface area contributed by atoms with Gasteiger partial charge in [0.25, 0.3) is 0 Å². The fraction of sp³-hybridized carbons (Fsp3) is 0.423. The summed E-state index contributed by atoms with van der Waals surface area (Å²) in [5, 5.41) is 5.23. The van der Waals surface area contributed by atoms with Crippen molar-refractivity contribution in [3.05, 3.63) is 54.6 Å². The molecule has 0 bridgehead atoms. The number of sulfone groups is 1. The van der Waals surface area contributed by atoms with Crippen LogP contribution < -0.4 is 4.74 Å². The minimum atomic E-state index is -4.81. The highest BCUT2D eigenvalue weighted by Crippen LogP contribution is 2.31. The Morgan fingerprint density at radius 3 is 2.38 bits per heavy atom. The van der Waals surface area contributed by atoms with Gasteiger partial charge in [0, 0.05) is 61.3 Å². The first-order valence-corrected chi connectivity index (χ1v) is 14.3. The largest absolute Gasteiger partial charge is 0.574 e. The maximum absolute atomic E-state index is 12.5. The molecule has 208 valence electrons. The van der Waals surface area contributed by atoms with E-state index in [1.807, 2.05) is 36.1 Å². The summed E-state index contributed by atoms with van der Waals surface area (Å²) in [5.74, 6) is -0.175. The summed E-state index contributed by atoms with van der Waals surface area (Å²) in [6.45, 7) is 5.33. The molecule has 0 atom stereocenters. The number of fused-ring (bicyclic) bond motifs is 1. The molecule has 0 aromatic carbocycles. The van der Waals surface area contributed by atoms with Gasteiger partial charge in [0.1, 0.15) is 5.65 Å². The molecule has 1 aliphatic rings. The van der Waals surface area contributed by atoms with Crippen molar-refractivity contribution in [2.45, 2.75) is 38.6 Å². The lowest BCUT2D eigenvalue weighted by atomic mass is 9.93. The van der Waals surface area contributed by atoms with Crippen molar-refractivity contribution >= 4 is 20.9 Å². The van der Waals surface area contributed by atoms with Crippen molar-refractivity contribution in [3.8, 4) is 22.8 Å². The van der Waals surface area contributed by atoms with Crippen LogP contribution in [0.2, 0.25) is 0 Å². The first kappa shape index (κ1) is 27.1. The Bertz CT molecular complexity index is 1580. The van der Waals surface area contributed by atoms with Crippen molar-refractivity contribution < 1.29 is 26.3 Å². The maximum atomic E-state index is 12.5. The van der Waals surface area contributed by atoms with Gasteiger partial charge in [-0.25, -0.2) is 18.4 Å². The van der Waals surface area contributed by atoms with Crippen LogP contribution in [0, 0.1) is 0 Å². The zero-order chi connectivity index (χ0) is 28.0. The number of nitrogens with zero attached hydrogens (tertiary/aromatic N) is 6. The van der Waals surface area contributed by atoms with Gasteiger partial charge in [-0.3, -0.25) is 14.1 Å². The van der Waals surface area contributed by atoms with E-state index in [1.54, 1.807) is 10.9 Å². The van der Waals surface area contributed by atoms with Gasteiger partial charge < -0.3 is 4.74 Å².